The van der Waals surface area contributed by atoms with E-state index in [2.05, 4.69) is 29.4 Å². The highest BCUT2D eigenvalue weighted by molar-refractivity contribution is 7.09. The van der Waals surface area contributed by atoms with Gasteiger partial charge in [0.25, 0.3) is 0 Å². The molecule has 0 fully saturated rings. The number of nitrogens with zero attached hydrogens (tertiary/aromatic N) is 1. The summed E-state index contributed by atoms with van der Waals surface area (Å²) in [6.45, 7) is 2.13. The number of aromatic nitrogens is 1. The maximum atomic E-state index is 5.63. The van der Waals surface area contributed by atoms with E-state index in [9.17, 15) is 0 Å². The Morgan fingerprint density at radius 3 is 2.60 bits per heavy atom. The molecule has 0 aliphatic carbocycles. The van der Waals surface area contributed by atoms with Gasteiger partial charge in [-0.05, 0) is 24.1 Å². The van der Waals surface area contributed by atoms with Crippen molar-refractivity contribution in [3.8, 4) is 0 Å². The van der Waals surface area contributed by atoms with Gasteiger partial charge in [0.2, 0.25) is 0 Å². The number of hydrogen-bond acceptors (Lipinski definition) is 3. The molecule has 0 aliphatic heterocycles. The van der Waals surface area contributed by atoms with Crippen LogP contribution in [0.3, 0.4) is 0 Å². The third-order valence-electron chi connectivity index (χ3n) is 2.27. The minimum Gasteiger partial charge on any atom is -0.399 e. The summed E-state index contributed by atoms with van der Waals surface area (Å²) in [5.74, 6) is 0. The molecule has 1 heterocycles. The van der Waals surface area contributed by atoms with Crippen LogP contribution in [-0.2, 0) is 12.8 Å². The van der Waals surface area contributed by atoms with Gasteiger partial charge < -0.3 is 5.73 Å². The summed E-state index contributed by atoms with van der Waals surface area (Å²) in [7, 11) is 0. The van der Waals surface area contributed by atoms with Crippen molar-refractivity contribution in [2.75, 3.05) is 5.73 Å². The third-order valence-corrected chi connectivity index (χ3v) is 3.31. The fourth-order valence-electron chi connectivity index (χ4n) is 1.44. The van der Waals surface area contributed by atoms with Gasteiger partial charge in [0.1, 0.15) is 0 Å². The largest absolute Gasteiger partial charge is 0.399 e. The Hall–Kier alpha value is -1.35. The van der Waals surface area contributed by atoms with Gasteiger partial charge in [0.15, 0.2) is 0 Å². The van der Waals surface area contributed by atoms with E-state index in [-0.39, 0.29) is 0 Å². The molecule has 2 nitrogen and oxygen atoms in total. The molecule has 3 heteroatoms. The lowest BCUT2D eigenvalue weighted by molar-refractivity contribution is 1.02. The summed E-state index contributed by atoms with van der Waals surface area (Å²) in [4.78, 5) is 4.53. The van der Waals surface area contributed by atoms with Crippen molar-refractivity contribution in [1.82, 2.24) is 4.98 Å². The van der Waals surface area contributed by atoms with E-state index in [0.29, 0.717) is 0 Å². The molecule has 0 bridgehead atoms. The van der Waals surface area contributed by atoms with E-state index in [1.807, 2.05) is 12.1 Å². The highest BCUT2D eigenvalue weighted by Gasteiger charge is 2.01. The first-order valence-corrected chi connectivity index (χ1v) is 5.93. The summed E-state index contributed by atoms with van der Waals surface area (Å²) in [6, 6.07) is 7.98. The van der Waals surface area contributed by atoms with Crippen LogP contribution in [0, 0.1) is 0 Å². The Bertz CT molecular complexity index is 431. The molecule has 0 radical (unpaired) electrons. The maximum absolute atomic E-state index is 5.63. The molecule has 2 N–H and O–H groups in total. The van der Waals surface area contributed by atoms with E-state index in [1.165, 1.54) is 10.6 Å². The molecule has 0 spiro atoms. The highest BCUT2D eigenvalue weighted by Crippen LogP contribution is 2.15. The second-order valence-corrected chi connectivity index (χ2v) is 4.45. The average Bonchev–Trinajstić information content (AvgIpc) is 2.69. The zero-order valence-corrected chi connectivity index (χ0v) is 9.55. The number of benzene rings is 1. The Morgan fingerprint density at radius 1 is 1.27 bits per heavy atom. The Labute approximate surface area is 93.8 Å². The molecule has 2 rings (SSSR count). The fourth-order valence-corrected chi connectivity index (χ4v) is 2.18. The molecular formula is C12H14N2S. The lowest BCUT2D eigenvalue weighted by Gasteiger charge is -1.98. The zero-order chi connectivity index (χ0) is 10.7. The van der Waals surface area contributed by atoms with Crippen molar-refractivity contribution in [3.63, 3.8) is 0 Å². The molecule has 0 saturated heterocycles. The second kappa shape index (κ2) is 4.45. The predicted molar refractivity (Wildman–Crippen MR) is 65.2 cm³/mol. The van der Waals surface area contributed by atoms with Crippen LogP contribution >= 0.6 is 11.3 Å². The van der Waals surface area contributed by atoms with Crippen molar-refractivity contribution in [3.05, 3.63) is 45.9 Å². The van der Waals surface area contributed by atoms with Crippen LogP contribution in [0.4, 0.5) is 5.69 Å². The van der Waals surface area contributed by atoms with E-state index >= 15 is 0 Å². The molecule has 78 valence electrons. The van der Waals surface area contributed by atoms with Crippen LogP contribution < -0.4 is 5.73 Å². The first-order valence-electron chi connectivity index (χ1n) is 5.05. The number of hydrogen-bond donors (Lipinski definition) is 1. The third kappa shape index (κ3) is 2.57. The highest BCUT2D eigenvalue weighted by atomic mass is 32.1. The SMILES string of the molecule is CCc1nc(Cc2ccc(N)cc2)cs1. The molecule has 0 amide bonds. The molecule has 15 heavy (non-hydrogen) atoms. The van der Waals surface area contributed by atoms with Gasteiger partial charge in [-0.2, -0.15) is 0 Å². The summed E-state index contributed by atoms with van der Waals surface area (Å²) in [6.07, 6.45) is 1.92. The Morgan fingerprint density at radius 2 is 2.00 bits per heavy atom. The summed E-state index contributed by atoms with van der Waals surface area (Å²) in [5, 5.41) is 3.34. The molecule has 0 unspecified atom stereocenters. The van der Waals surface area contributed by atoms with Crippen molar-refractivity contribution in [2.24, 2.45) is 0 Å². The van der Waals surface area contributed by atoms with Crippen LogP contribution in [0.25, 0.3) is 0 Å². The van der Waals surface area contributed by atoms with Gasteiger partial charge in [-0.3, -0.25) is 0 Å². The normalized spacial score (nSPS) is 10.5. The predicted octanol–water partition coefficient (Wildman–Crippen LogP) is 2.88. The van der Waals surface area contributed by atoms with Crippen LogP contribution in [0.2, 0.25) is 0 Å². The fraction of sp³-hybridized carbons (Fsp3) is 0.250. The standard InChI is InChI=1S/C12H14N2S/c1-2-12-14-11(8-15-12)7-9-3-5-10(13)6-4-9/h3-6,8H,2,7,13H2,1H3. The quantitative estimate of drug-likeness (QED) is 0.804. The van der Waals surface area contributed by atoms with Crippen LogP contribution in [-0.4, -0.2) is 4.98 Å². The minimum atomic E-state index is 0.811. The Balaban J connectivity index is 2.11. The van der Waals surface area contributed by atoms with Gasteiger partial charge in [-0.15, -0.1) is 11.3 Å². The van der Waals surface area contributed by atoms with Gasteiger partial charge >= 0.3 is 0 Å². The summed E-state index contributed by atoms with van der Waals surface area (Å²) < 4.78 is 0. The van der Waals surface area contributed by atoms with Crippen molar-refractivity contribution in [1.29, 1.82) is 0 Å². The van der Waals surface area contributed by atoms with Gasteiger partial charge in [-0.25, -0.2) is 4.98 Å². The minimum absolute atomic E-state index is 0.811. The van der Waals surface area contributed by atoms with Crippen LogP contribution in [0.15, 0.2) is 29.6 Å². The second-order valence-electron chi connectivity index (χ2n) is 3.50. The zero-order valence-electron chi connectivity index (χ0n) is 8.73. The molecule has 0 atom stereocenters. The lowest BCUT2D eigenvalue weighted by atomic mass is 10.1. The first kappa shape index (κ1) is 10.2. The van der Waals surface area contributed by atoms with Crippen molar-refractivity contribution >= 4 is 17.0 Å². The topological polar surface area (TPSA) is 38.9 Å². The molecule has 0 saturated carbocycles. The van der Waals surface area contributed by atoms with Crippen LogP contribution in [0.1, 0.15) is 23.2 Å². The molecule has 1 aromatic carbocycles. The van der Waals surface area contributed by atoms with Crippen LogP contribution in [0.5, 0.6) is 0 Å². The monoisotopic (exact) mass is 218 g/mol. The molecule has 0 aliphatic rings. The summed E-state index contributed by atoms with van der Waals surface area (Å²) in [5.41, 5.74) is 8.86. The number of aryl methyl sites for hydroxylation is 1. The van der Waals surface area contributed by atoms with E-state index in [0.717, 1.165) is 24.2 Å². The van der Waals surface area contributed by atoms with Crippen molar-refractivity contribution < 1.29 is 0 Å². The van der Waals surface area contributed by atoms with Gasteiger partial charge in [0.05, 0.1) is 10.7 Å². The van der Waals surface area contributed by atoms with Gasteiger partial charge in [0, 0.05) is 17.5 Å². The smallest absolute Gasteiger partial charge is 0.0925 e. The number of nitrogen functional groups attached to an aromatic ring is 1. The maximum Gasteiger partial charge on any atom is 0.0925 e. The van der Waals surface area contributed by atoms with Crippen molar-refractivity contribution in [2.45, 2.75) is 19.8 Å². The molecular weight excluding hydrogens is 204 g/mol. The van der Waals surface area contributed by atoms with E-state index in [1.54, 1.807) is 11.3 Å². The number of anilines is 1. The van der Waals surface area contributed by atoms with E-state index < -0.39 is 0 Å². The first-order chi connectivity index (χ1) is 7.28. The number of thiazole rings is 1. The summed E-state index contributed by atoms with van der Waals surface area (Å²) >= 11 is 1.74. The lowest BCUT2D eigenvalue weighted by Crippen LogP contribution is -1.90. The molecule has 1 aromatic heterocycles. The average molecular weight is 218 g/mol. The Kier molecular flexibility index (Phi) is 3.02. The number of nitrogens with two attached hydrogens (primary N) is 1. The van der Waals surface area contributed by atoms with E-state index in [4.69, 9.17) is 5.73 Å². The molecule has 2 aromatic rings. The van der Waals surface area contributed by atoms with Gasteiger partial charge in [-0.1, -0.05) is 19.1 Å². The number of rotatable bonds is 3.